The number of fused-ring (bicyclic) bond motifs is 12. The van der Waals surface area contributed by atoms with Crippen LogP contribution in [0.2, 0.25) is 0 Å². The van der Waals surface area contributed by atoms with E-state index in [2.05, 4.69) is 309 Å². The second-order valence-electron chi connectivity index (χ2n) is 23.3. The van der Waals surface area contributed by atoms with Gasteiger partial charge in [-0.15, -0.1) is 0 Å². The fourth-order valence-electron chi connectivity index (χ4n) is 14.1. The third-order valence-corrected chi connectivity index (χ3v) is 18.2. The number of nitrogens with zero attached hydrogens (tertiary/aromatic N) is 7. The first kappa shape index (κ1) is 50.9. The summed E-state index contributed by atoms with van der Waals surface area (Å²) in [5.74, 6) is 0.596. The molecule has 7 nitrogen and oxygen atoms in total. The van der Waals surface area contributed by atoms with E-state index in [-0.39, 0.29) is 0 Å². The Morgan fingerprint density at radius 2 is 0.533 bits per heavy atom. The molecule has 18 rings (SSSR count). The molecule has 0 aliphatic heterocycles. The van der Waals surface area contributed by atoms with Gasteiger partial charge in [-0.2, -0.15) is 5.26 Å². The summed E-state index contributed by atoms with van der Waals surface area (Å²) in [5.41, 5.74) is 23.0. The topological polar surface area (TPSA) is 69.3 Å². The number of para-hydroxylation sites is 6. The summed E-state index contributed by atoms with van der Waals surface area (Å²) in [7, 11) is 0. The van der Waals surface area contributed by atoms with Crippen LogP contribution < -0.4 is 0 Å². The van der Waals surface area contributed by atoms with E-state index in [9.17, 15) is 5.26 Å². The van der Waals surface area contributed by atoms with Gasteiger partial charge < -0.3 is 18.3 Å². The van der Waals surface area contributed by atoms with Gasteiger partial charge in [0, 0.05) is 82.5 Å². The van der Waals surface area contributed by atoms with E-state index >= 15 is 0 Å². The Morgan fingerprint density at radius 3 is 0.933 bits per heavy atom. The Hall–Kier alpha value is -12.4. The molecular formula is C83H51N7. The van der Waals surface area contributed by atoms with Gasteiger partial charge in [-0.05, 0) is 162 Å². The first-order valence-corrected chi connectivity index (χ1v) is 30.4. The van der Waals surface area contributed by atoms with Crippen LogP contribution in [0.4, 0.5) is 0 Å². The van der Waals surface area contributed by atoms with Gasteiger partial charge >= 0.3 is 0 Å². The summed E-state index contributed by atoms with van der Waals surface area (Å²) in [5, 5.41) is 19.4. The van der Waals surface area contributed by atoms with E-state index in [0.717, 1.165) is 84.0 Å². The van der Waals surface area contributed by atoms with Gasteiger partial charge in [-0.1, -0.05) is 170 Å². The molecule has 0 radical (unpaired) electrons. The summed E-state index contributed by atoms with van der Waals surface area (Å²) in [4.78, 5) is 10.8. The minimum Gasteiger partial charge on any atom is -0.309 e. The largest absolute Gasteiger partial charge is 0.309 e. The average Bonchev–Trinajstić information content (AvgIpc) is 1.80. The predicted molar refractivity (Wildman–Crippen MR) is 371 cm³/mol. The molecule has 0 atom stereocenters. The molecule has 0 unspecified atom stereocenters. The Balaban J connectivity index is 0.732. The normalized spacial score (nSPS) is 11.8. The van der Waals surface area contributed by atoms with Crippen LogP contribution in [0, 0.1) is 11.3 Å². The van der Waals surface area contributed by atoms with Crippen LogP contribution in [-0.2, 0) is 0 Å². The molecule has 18 aromatic rings. The Morgan fingerprint density at radius 1 is 0.222 bits per heavy atom. The van der Waals surface area contributed by atoms with Gasteiger partial charge in [-0.3, -0.25) is 0 Å². The van der Waals surface area contributed by atoms with Crippen molar-refractivity contribution in [2.45, 2.75) is 0 Å². The quantitative estimate of drug-likeness (QED) is 0.145. The van der Waals surface area contributed by atoms with E-state index in [0.29, 0.717) is 11.4 Å². The van der Waals surface area contributed by atoms with E-state index in [1.807, 2.05) is 24.3 Å². The first-order chi connectivity index (χ1) is 44.6. The third-order valence-electron chi connectivity index (χ3n) is 18.2. The van der Waals surface area contributed by atoms with Crippen LogP contribution in [0.15, 0.2) is 309 Å². The molecule has 0 spiro atoms. The smallest absolute Gasteiger partial charge is 0.160 e. The second-order valence-corrected chi connectivity index (χ2v) is 23.3. The number of nitriles is 1. The molecule has 418 valence electrons. The van der Waals surface area contributed by atoms with Crippen molar-refractivity contribution >= 4 is 87.2 Å². The van der Waals surface area contributed by atoms with Gasteiger partial charge in [0.05, 0.1) is 67.2 Å². The zero-order chi connectivity index (χ0) is 59.4. The third kappa shape index (κ3) is 8.13. The lowest BCUT2D eigenvalue weighted by Gasteiger charge is -2.13. The van der Waals surface area contributed by atoms with E-state index in [1.54, 1.807) is 0 Å². The molecule has 0 fully saturated rings. The number of hydrogen-bond acceptors (Lipinski definition) is 3. The monoisotopic (exact) mass is 1150 g/mol. The minimum absolute atomic E-state index is 0.590. The van der Waals surface area contributed by atoms with Crippen LogP contribution in [-0.4, -0.2) is 28.2 Å². The van der Waals surface area contributed by atoms with E-state index in [4.69, 9.17) is 9.97 Å². The maximum absolute atomic E-state index is 9.81. The molecule has 0 saturated carbocycles. The Labute approximate surface area is 517 Å². The predicted octanol–water partition coefficient (Wildman–Crippen LogP) is 21.1. The first-order valence-electron chi connectivity index (χ1n) is 30.4. The summed E-state index contributed by atoms with van der Waals surface area (Å²) < 4.78 is 9.47. The standard InChI is InChI=1S/C83H51N7/c84-52-53-33-35-54(36-34-53)73-51-74(59-17-15-23-63(45-59)89-77-31-13-9-27-67(77)71-49-57(39-43-81(71)89)55-37-41-79-69(47-55)65-25-7-11-29-75(65)87(79)61-19-3-1-4-20-61)86-83(85-73)60-18-16-24-64(46-60)90-78-32-14-10-28-68(78)72-50-58(40-44-82(72)90)56-38-42-80-70(48-56)66-26-8-12-30-76(66)88(80)62-21-5-2-6-22-62/h1-51H. The zero-order valence-electron chi connectivity index (χ0n) is 48.6. The zero-order valence-corrected chi connectivity index (χ0v) is 48.6. The van der Waals surface area contributed by atoms with Crippen molar-refractivity contribution in [3.63, 3.8) is 0 Å². The molecule has 13 aromatic carbocycles. The lowest BCUT2D eigenvalue weighted by atomic mass is 10.0. The molecule has 90 heavy (non-hydrogen) atoms. The fourth-order valence-corrected chi connectivity index (χ4v) is 14.1. The van der Waals surface area contributed by atoms with Gasteiger partial charge in [0.2, 0.25) is 0 Å². The van der Waals surface area contributed by atoms with Crippen molar-refractivity contribution in [3.05, 3.63) is 315 Å². The highest BCUT2D eigenvalue weighted by atomic mass is 15.0. The van der Waals surface area contributed by atoms with Crippen molar-refractivity contribution in [3.8, 4) is 85.0 Å². The lowest BCUT2D eigenvalue weighted by molar-refractivity contribution is 1.15. The molecule has 5 heterocycles. The van der Waals surface area contributed by atoms with Crippen LogP contribution in [0.5, 0.6) is 0 Å². The van der Waals surface area contributed by atoms with Crippen LogP contribution >= 0.6 is 0 Å². The average molecular weight is 1150 g/mol. The van der Waals surface area contributed by atoms with Crippen LogP contribution in [0.1, 0.15) is 5.56 Å². The highest BCUT2D eigenvalue weighted by Crippen LogP contribution is 2.42. The number of rotatable bonds is 9. The molecule has 0 aliphatic carbocycles. The summed E-state index contributed by atoms with van der Waals surface area (Å²) in [6, 6.07) is 113. The number of hydrogen-bond donors (Lipinski definition) is 0. The fraction of sp³-hybridized carbons (Fsp3) is 0. The molecule has 0 N–H and O–H groups in total. The van der Waals surface area contributed by atoms with Crippen molar-refractivity contribution in [1.82, 2.24) is 28.2 Å². The maximum atomic E-state index is 9.81. The molecule has 0 aliphatic rings. The van der Waals surface area contributed by atoms with Crippen molar-refractivity contribution in [2.24, 2.45) is 0 Å². The molecule has 0 amide bonds. The minimum atomic E-state index is 0.590. The van der Waals surface area contributed by atoms with Crippen molar-refractivity contribution in [1.29, 1.82) is 5.26 Å². The molecule has 5 aromatic heterocycles. The van der Waals surface area contributed by atoms with Gasteiger partial charge in [0.15, 0.2) is 5.82 Å². The number of aromatic nitrogens is 6. The SMILES string of the molecule is N#Cc1ccc(-c2cc(-c3cccc(-n4c5ccccc5c5cc(-c6ccc7c(c6)c6ccccc6n7-c6ccccc6)ccc54)c3)nc(-c3cccc(-n4c5ccccc5c5cc(-c6ccc7c(c6)c6ccccc6n7-c6ccccc6)ccc54)c3)n2)cc1. The van der Waals surface area contributed by atoms with Gasteiger partial charge in [0.25, 0.3) is 0 Å². The number of benzene rings is 13. The Kier molecular flexibility index (Phi) is 11.5. The van der Waals surface area contributed by atoms with E-state index in [1.165, 1.54) is 76.3 Å². The van der Waals surface area contributed by atoms with E-state index < -0.39 is 0 Å². The van der Waals surface area contributed by atoms with Crippen LogP contribution in [0.25, 0.3) is 166 Å². The highest BCUT2D eigenvalue weighted by Gasteiger charge is 2.21. The molecular weight excluding hydrogens is 1090 g/mol. The summed E-state index contributed by atoms with van der Waals surface area (Å²) in [6.07, 6.45) is 0. The molecule has 0 saturated heterocycles. The lowest BCUT2D eigenvalue weighted by Crippen LogP contribution is -1.99. The molecule has 0 bridgehead atoms. The van der Waals surface area contributed by atoms with Gasteiger partial charge in [0.1, 0.15) is 0 Å². The highest BCUT2D eigenvalue weighted by molar-refractivity contribution is 6.15. The van der Waals surface area contributed by atoms with Gasteiger partial charge in [-0.25, -0.2) is 9.97 Å². The van der Waals surface area contributed by atoms with Crippen molar-refractivity contribution in [2.75, 3.05) is 0 Å². The summed E-state index contributed by atoms with van der Waals surface area (Å²) in [6.45, 7) is 0. The molecule has 7 heteroatoms. The second kappa shape index (κ2) is 20.4. The maximum Gasteiger partial charge on any atom is 0.160 e. The Bertz CT molecular complexity index is 5640. The van der Waals surface area contributed by atoms with Crippen molar-refractivity contribution < 1.29 is 0 Å². The summed E-state index contributed by atoms with van der Waals surface area (Å²) >= 11 is 0. The van der Waals surface area contributed by atoms with Crippen LogP contribution in [0.3, 0.4) is 0 Å².